The molecule has 0 atom stereocenters. The summed E-state index contributed by atoms with van der Waals surface area (Å²) >= 11 is 24.2. The molecule has 184 valence electrons. The number of anilines is 1. The molecule has 12 heteroatoms. The molecule has 3 aromatic carbocycles. The molecule has 0 unspecified atom stereocenters. The first-order valence-corrected chi connectivity index (χ1v) is 11.5. The zero-order valence-electron chi connectivity index (χ0n) is 18.4. The third-order valence-corrected chi connectivity index (χ3v) is 5.92. The Morgan fingerprint density at radius 3 is 2.33 bits per heavy atom. The highest BCUT2D eigenvalue weighted by Gasteiger charge is 2.19. The third kappa shape index (κ3) is 6.59. The van der Waals surface area contributed by atoms with Gasteiger partial charge in [-0.2, -0.15) is 5.26 Å². The number of nitro groups is 1. The summed E-state index contributed by atoms with van der Waals surface area (Å²) in [6, 6.07) is 13.7. The number of hydrogen-bond acceptors (Lipinski definition) is 6. The van der Waals surface area contributed by atoms with E-state index in [0.717, 1.165) is 12.1 Å². The van der Waals surface area contributed by atoms with Gasteiger partial charge in [0.2, 0.25) is 0 Å². The highest BCUT2D eigenvalue weighted by Crippen LogP contribution is 2.35. The first-order chi connectivity index (χ1) is 17.1. The Hall–Kier alpha value is -3.48. The van der Waals surface area contributed by atoms with Crippen LogP contribution < -0.4 is 14.8 Å². The maximum absolute atomic E-state index is 12.7. The average molecular weight is 567 g/mol. The van der Waals surface area contributed by atoms with Gasteiger partial charge in [0.15, 0.2) is 11.5 Å². The highest BCUT2D eigenvalue weighted by atomic mass is 35.5. The number of non-ortho nitro benzene ring substituents is 1. The van der Waals surface area contributed by atoms with Crippen LogP contribution in [0.1, 0.15) is 11.1 Å². The highest BCUT2D eigenvalue weighted by molar-refractivity contribution is 6.40. The van der Waals surface area contributed by atoms with E-state index in [0.29, 0.717) is 32.7 Å². The number of rotatable bonds is 8. The summed E-state index contributed by atoms with van der Waals surface area (Å²) < 4.78 is 11.2. The van der Waals surface area contributed by atoms with Crippen LogP contribution in [0.15, 0.2) is 54.1 Å². The lowest BCUT2D eigenvalue weighted by atomic mass is 10.1. The molecule has 0 aliphatic carbocycles. The third-order valence-electron chi connectivity index (χ3n) is 4.74. The monoisotopic (exact) mass is 565 g/mol. The van der Waals surface area contributed by atoms with Gasteiger partial charge in [0.25, 0.3) is 11.6 Å². The standard InChI is InChI=1S/C24H15Cl4N3O5/c1-35-21-5-2-13(7-22(21)36-12-14-3-4-16(25)8-18(14)26)6-15(11-29)24(32)30-23-19(27)9-17(31(33)34)10-20(23)28/h2-10H,12H2,1H3,(H,30,32)/b15-6+. The zero-order valence-corrected chi connectivity index (χ0v) is 21.4. The Bertz CT molecular complexity index is 1400. The molecule has 0 radical (unpaired) electrons. The summed E-state index contributed by atoms with van der Waals surface area (Å²) in [5, 5.41) is 23.5. The van der Waals surface area contributed by atoms with Crippen molar-refractivity contribution >= 4 is 69.8 Å². The van der Waals surface area contributed by atoms with Gasteiger partial charge in [0.1, 0.15) is 18.2 Å². The van der Waals surface area contributed by atoms with Crippen LogP contribution in [-0.4, -0.2) is 17.9 Å². The van der Waals surface area contributed by atoms with E-state index in [-0.39, 0.29) is 33.6 Å². The molecule has 3 rings (SSSR count). The number of carbonyl (C=O) groups excluding carboxylic acids is 1. The predicted molar refractivity (Wildman–Crippen MR) is 139 cm³/mol. The number of nitrogens with one attached hydrogen (secondary N) is 1. The molecule has 1 N–H and O–H groups in total. The quantitative estimate of drug-likeness (QED) is 0.132. The summed E-state index contributed by atoms with van der Waals surface area (Å²) in [4.78, 5) is 23.0. The molecule has 0 saturated heterocycles. The number of carbonyl (C=O) groups is 1. The molecule has 3 aromatic rings. The van der Waals surface area contributed by atoms with E-state index in [1.54, 1.807) is 36.4 Å². The molecule has 0 fully saturated rings. The van der Waals surface area contributed by atoms with Gasteiger partial charge in [-0.25, -0.2) is 0 Å². The molecule has 0 aliphatic heterocycles. The van der Waals surface area contributed by atoms with Crippen molar-refractivity contribution in [3.8, 4) is 17.6 Å². The van der Waals surface area contributed by atoms with Gasteiger partial charge in [0, 0.05) is 27.7 Å². The lowest BCUT2D eigenvalue weighted by molar-refractivity contribution is -0.384. The van der Waals surface area contributed by atoms with E-state index in [2.05, 4.69) is 5.32 Å². The molecular formula is C24H15Cl4N3O5. The van der Waals surface area contributed by atoms with Gasteiger partial charge < -0.3 is 14.8 Å². The minimum atomic E-state index is -0.818. The molecule has 0 heterocycles. The molecule has 0 saturated carbocycles. The van der Waals surface area contributed by atoms with Crippen molar-refractivity contribution in [3.63, 3.8) is 0 Å². The maximum atomic E-state index is 12.7. The number of hydrogen-bond donors (Lipinski definition) is 1. The number of benzene rings is 3. The number of amides is 1. The normalized spacial score (nSPS) is 10.9. The van der Waals surface area contributed by atoms with E-state index >= 15 is 0 Å². The first kappa shape index (κ1) is 27.1. The number of methoxy groups -OCH3 is 1. The van der Waals surface area contributed by atoms with Gasteiger partial charge in [-0.15, -0.1) is 0 Å². The predicted octanol–water partition coefficient (Wildman–Crippen LogP) is 7.34. The van der Waals surface area contributed by atoms with Gasteiger partial charge >= 0.3 is 0 Å². The van der Waals surface area contributed by atoms with Crippen molar-refractivity contribution in [2.24, 2.45) is 0 Å². The largest absolute Gasteiger partial charge is 0.493 e. The Morgan fingerprint density at radius 2 is 1.75 bits per heavy atom. The van der Waals surface area contributed by atoms with E-state index in [9.17, 15) is 20.2 Å². The smallest absolute Gasteiger partial charge is 0.272 e. The SMILES string of the molecule is COc1ccc(/C=C(\C#N)C(=O)Nc2c(Cl)cc([N+](=O)[O-])cc2Cl)cc1OCc1ccc(Cl)cc1Cl. The number of nitrogens with zero attached hydrogens (tertiary/aromatic N) is 2. The van der Waals surface area contributed by atoms with Crippen molar-refractivity contribution in [2.45, 2.75) is 6.61 Å². The van der Waals surface area contributed by atoms with Crippen LogP contribution in [0.3, 0.4) is 0 Å². The van der Waals surface area contributed by atoms with E-state index < -0.39 is 10.8 Å². The summed E-state index contributed by atoms with van der Waals surface area (Å²) in [5.41, 5.74) is 0.467. The molecule has 8 nitrogen and oxygen atoms in total. The Balaban J connectivity index is 1.85. The lowest BCUT2D eigenvalue weighted by Crippen LogP contribution is -2.14. The van der Waals surface area contributed by atoms with Crippen LogP contribution in [-0.2, 0) is 11.4 Å². The van der Waals surface area contributed by atoms with E-state index in [1.807, 2.05) is 6.07 Å². The molecule has 0 aliphatic rings. The van der Waals surface area contributed by atoms with Crippen LogP contribution in [0.5, 0.6) is 11.5 Å². The molecule has 1 amide bonds. The zero-order chi connectivity index (χ0) is 26.4. The van der Waals surface area contributed by atoms with Crippen LogP contribution in [0.2, 0.25) is 20.1 Å². The van der Waals surface area contributed by atoms with Crippen molar-refractivity contribution in [2.75, 3.05) is 12.4 Å². The molecule has 36 heavy (non-hydrogen) atoms. The molecular weight excluding hydrogens is 552 g/mol. The second-order valence-corrected chi connectivity index (χ2v) is 8.76. The van der Waals surface area contributed by atoms with Crippen molar-refractivity contribution in [1.82, 2.24) is 0 Å². The topological polar surface area (TPSA) is 114 Å². The van der Waals surface area contributed by atoms with Crippen LogP contribution in [0.25, 0.3) is 6.08 Å². The fourth-order valence-corrected chi connectivity index (χ4v) is 4.00. The number of ether oxygens (including phenoxy) is 2. The minimum Gasteiger partial charge on any atom is -0.493 e. The Labute approximate surface area is 225 Å². The van der Waals surface area contributed by atoms with Crippen molar-refractivity contribution in [3.05, 3.63) is 95.4 Å². The van der Waals surface area contributed by atoms with E-state index in [4.69, 9.17) is 55.9 Å². The Kier molecular flexibility index (Phi) is 9.02. The van der Waals surface area contributed by atoms with Crippen LogP contribution >= 0.6 is 46.4 Å². The second kappa shape index (κ2) is 12.0. The lowest BCUT2D eigenvalue weighted by Gasteiger charge is -2.13. The molecule has 0 spiro atoms. The van der Waals surface area contributed by atoms with Crippen LogP contribution in [0, 0.1) is 21.4 Å². The van der Waals surface area contributed by atoms with Crippen molar-refractivity contribution < 1.29 is 19.2 Å². The van der Waals surface area contributed by atoms with Gasteiger partial charge in [0.05, 0.1) is 27.8 Å². The fourth-order valence-electron chi connectivity index (χ4n) is 2.97. The second-order valence-electron chi connectivity index (χ2n) is 7.10. The van der Waals surface area contributed by atoms with E-state index in [1.165, 1.54) is 13.2 Å². The first-order valence-electron chi connectivity index (χ1n) is 9.94. The number of nitriles is 1. The molecule has 0 aromatic heterocycles. The fraction of sp³-hybridized carbons (Fsp3) is 0.0833. The van der Waals surface area contributed by atoms with Gasteiger partial charge in [-0.3, -0.25) is 14.9 Å². The number of halogens is 4. The summed E-state index contributed by atoms with van der Waals surface area (Å²) in [5.74, 6) is -0.0533. The summed E-state index contributed by atoms with van der Waals surface area (Å²) in [6.07, 6.45) is 1.32. The Morgan fingerprint density at radius 1 is 1.06 bits per heavy atom. The maximum Gasteiger partial charge on any atom is 0.272 e. The summed E-state index contributed by atoms with van der Waals surface area (Å²) in [7, 11) is 1.47. The van der Waals surface area contributed by atoms with Crippen molar-refractivity contribution in [1.29, 1.82) is 5.26 Å². The van der Waals surface area contributed by atoms with Gasteiger partial charge in [-0.05, 0) is 35.9 Å². The number of nitro benzene ring substituents is 1. The average Bonchev–Trinajstić information content (AvgIpc) is 2.83. The minimum absolute atomic E-state index is 0.0614. The summed E-state index contributed by atoms with van der Waals surface area (Å²) in [6.45, 7) is 0.113. The molecule has 0 bridgehead atoms. The van der Waals surface area contributed by atoms with Crippen LogP contribution in [0.4, 0.5) is 11.4 Å². The van der Waals surface area contributed by atoms with Gasteiger partial charge in [-0.1, -0.05) is 58.5 Å².